The summed E-state index contributed by atoms with van der Waals surface area (Å²) in [4.78, 5) is 35.5. The Balaban J connectivity index is 1.70. The first kappa shape index (κ1) is 23.8. The van der Waals surface area contributed by atoms with Gasteiger partial charge in [-0.2, -0.15) is 0 Å². The molecule has 4 rings (SSSR count). The number of aliphatic hydroxyl groups excluding tert-OH is 1. The fourth-order valence-corrected chi connectivity index (χ4v) is 5.90. The van der Waals surface area contributed by atoms with Gasteiger partial charge in [-0.1, -0.05) is 12.2 Å². The quantitative estimate of drug-likeness (QED) is 0.540. The molecule has 0 spiro atoms. The highest BCUT2D eigenvalue weighted by molar-refractivity contribution is 7.09. The number of amides is 1. The molecule has 8 nitrogen and oxygen atoms in total. The van der Waals surface area contributed by atoms with Crippen LogP contribution < -0.4 is 10.9 Å². The van der Waals surface area contributed by atoms with E-state index in [1.165, 1.54) is 0 Å². The Bertz CT molecular complexity index is 1050. The SMILES string of the molecule is C/C=C/c1ccc2n(c1=O)C[C@H]1[C@H](CO)[C@@H](C(=O)NCCCN(C)C)[C@@H]2N1Cc1nccs1. The summed E-state index contributed by atoms with van der Waals surface area (Å²) in [5.74, 6) is -0.740. The van der Waals surface area contributed by atoms with E-state index in [2.05, 4.69) is 20.1 Å². The minimum atomic E-state index is -0.431. The Hall–Kier alpha value is -2.33. The third-order valence-corrected chi connectivity index (χ3v) is 7.50. The van der Waals surface area contributed by atoms with Crippen LogP contribution >= 0.6 is 11.3 Å². The zero-order valence-corrected chi connectivity index (χ0v) is 20.3. The van der Waals surface area contributed by atoms with Crippen molar-refractivity contribution in [3.8, 4) is 0 Å². The number of nitrogens with zero attached hydrogens (tertiary/aromatic N) is 4. The topological polar surface area (TPSA) is 90.7 Å². The second kappa shape index (κ2) is 10.3. The first-order chi connectivity index (χ1) is 16.0. The van der Waals surface area contributed by atoms with Crippen LogP contribution in [0.3, 0.4) is 0 Å². The Kier molecular flexibility index (Phi) is 7.43. The van der Waals surface area contributed by atoms with Crippen molar-refractivity contribution in [3.63, 3.8) is 0 Å². The predicted octanol–water partition coefficient (Wildman–Crippen LogP) is 1.57. The third-order valence-electron chi connectivity index (χ3n) is 6.73. The fourth-order valence-electron chi connectivity index (χ4n) is 5.28. The zero-order chi connectivity index (χ0) is 23.5. The molecule has 1 fully saturated rings. The summed E-state index contributed by atoms with van der Waals surface area (Å²) in [6, 6.07) is 3.41. The van der Waals surface area contributed by atoms with E-state index >= 15 is 0 Å². The van der Waals surface area contributed by atoms with Gasteiger partial charge in [-0.3, -0.25) is 14.5 Å². The van der Waals surface area contributed by atoms with Crippen LogP contribution in [-0.2, 0) is 17.9 Å². The molecule has 9 heteroatoms. The van der Waals surface area contributed by atoms with Crippen LogP contribution in [0.2, 0.25) is 0 Å². The van der Waals surface area contributed by atoms with Gasteiger partial charge >= 0.3 is 0 Å². The Morgan fingerprint density at radius 1 is 1.39 bits per heavy atom. The highest BCUT2D eigenvalue weighted by Crippen LogP contribution is 2.49. The van der Waals surface area contributed by atoms with E-state index < -0.39 is 5.92 Å². The van der Waals surface area contributed by atoms with Crippen LogP contribution in [-0.4, -0.2) is 70.2 Å². The molecule has 178 valence electrons. The van der Waals surface area contributed by atoms with Gasteiger partial charge in [-0.05, 0) is 46.1 Å². The average molecular weight is 472 g/mol. The van der Waals surface area contributed by atoms with Gasteiger partial charge in [0.2, 0.25) is 5.91 Å². The number of pyridine rings is 1. The molecule has 0 aromatic carbocycles. The van der Waals surface area contributed by atoms with Crippen molar-refractivity contribution < 1.29 is 9.90 Å². The van der Waals surface area contributed by atoms with E-state index in [9.17, 15) is 14.7 Å². The number of hydrogen-bond donors (Lipinski definition) is 2. The van der Waals surface area contributed by atoms with Crippen molar-refractivity contribution >= 4 is 23.3 Å². The van der Waals surface area contributed by atoms with E-state index in [1.807, 2.05) is 55.3 Å². The second-order valence-electron chi connectivity index (χ2n) is 9.06. The fraction of sp³-hybridized carbons (Fsp3) is 0.542. The number of rotatable bonds is 9. The number of nitrogens with one attached hydrogen (secondary N) is 1. The van der Waals surface area contributed by atoms with Crippen LogP contribution in [0.4, 0.5) is 0 Å². The van der Waals surface area contributed by atoms with Gasteiger partial charge in [0, 0.05) is 54.5 Å². The summed E-state index contributed by atoms with van der Waals surface area (Å²) < 4.78 is 1.81. The summed E-state index contributed by atoms with van der Waals surface area (Å²) in [6.45, 7) is 4.32. The summed E-state index contributed by atoms with van der Waals surface area (Å²) in [6.07, 6.45) is 6.31. The standard InChI is InChI=1S/C24H33N5O3S/c1-4-6-16-7-8-18-22-21(23(31)26-9-5-11-27(2)3)17(15-30)19(13-29(18)24(16)32)28(22)14-20-25-10-12-33-20/h4,6-8,10,12,17,19,21-22,30H,5,9,11,13-15H2,1-3H3,(H,26,31)/b6-4+/t17-,19-,21+,22+/m0/s1. The minimum Gasteiger partial charge on any atom is -0.396 e. The molecule has 2 aliphatic rings. The van der Waals surface area contributed by atoms with E-state index in [-0.39, 0.29) is 36.1 Å². The van der Waals surface area contributed by atoms with Crippen molar-refractivity contribution in [2.75, 3.05) is 33.8 Å². The van der Waals surface area contributed by atoms with Crippen molar-refractivity contribution in [1.29, 1.82) is 0 Å². The minimum absolute atomic E-state index is 0.0433. The first-order valence-electron chi connectivity index (χ1n) is 11.5. The summed E-state index contributed by atoms with van der Waals surface area (Å²) in [7, 11) is 4.02. The number of carbonyl (C=O) groups excluding carboxylic acids is 1. The van der Waals surface area contributed by atoms with E-state index in [0.717, 1.165) is 23.7 Å². The molecule has 1 amide bonds. The maximum atomic E-state index is 13.4. The van der Waals surface area contributed by atoms with Crippen LogP contribution in [0, 0.1) is 11.8 Å². The molecule has 1 saturated heterocycles. The smallest absolute Gasteiger partial charge is 0.258 e. The third kappa shape index (κ3) is 4.68. The largest absolute Gasteiger partial charge is 0.396 e. The number of allylic oxidation sites excluding steroid dienone is 1. The number of fused-ring (bicyclic) bond motifs is 4. The molecule has 2 aromatic heterocycles. The van der Waals surface area contributed by atoms with Gasteiger partial charge in [0.05, 0.1) is 18.5 Å². The van der Waals surface area contributed by atoms with Gasteiger partial charge in [0.15, 0.2) is 0 Å². The maximum Gasteiger partial charge on any atom is 0.258 e. The van der Waals surface area contributed by atoms with Crippen LogP contribution in [0.15, 0.2) is 34.6 Å². The number of aromatic nitrogens is 2. The molecular weight excluding hydrogens is 438 g/mol. The molecule has 0 saturated carbocycles. The molecule has 33 heavy (non-hydrogen) atoms. The number of aliphatic hydroxyl groups is 1. The molecule has 4 heterocycles. The molecule has 0 aliphatic carbocycles. The number of carbonyl (C=O) groups is 1. The summed E-state index contributed by atoms with van der Waals surface area (Å²) in [5.41, 5.74) is 1.43. The first-order valence-corrected chi connectivity index (χ1v) is 12.4. The number of hydrogen-bond acceptors (Lipinski definition) is 7. The highest BCUT2D eigenvalue weighted by atomic mass is 32.1. The lowest BCUT2D eigenvalue weighted by Gasteiger charge is -2.37. The summed E-state index contributed by atoms with van der Waals surface area (Å²) in [5, 5.41) is 16.4. The predicted molar refractivity (Wildman–Crippen MR) is 130 cm³/mol. The van der Waals surface area contributed by atoms with Gasteiger partial charge in [-0.15, -0.1) is 11.3 Å². The summed E-state index contributed by atoms with van der Waals surface area (Å²) >= 11 is 1.58. The van der Waals surface area contributed by atoms with Crippen molar-refractivity contribution in [1.82, 2.24) is 24.7 Å². The Morgan fingerprint density at radius 2 is 2.21 bits per heavy atom. The maximum absolute atomic E-state index is 13.4. The average Bonchev–Trinajstić information content (AvgIpc) is 3.37. The zero-order valence-electron chi connectivity index (χ0n) is 19.5. The van der Waals surface area contributed by atoms with Gasteiger partial charge in [-0.25, -0.2) is 4.98 Å². The highest BCUT2D eigenvalue weighted by Gasteiger charge is 2.55. The normalized spacial score (nSPS) is 24.5. The monoisotopic (exact) mass is 471 g/mol. The molecule has 0 unspecified atom stereocenters. The molecule has 2 aromatic rings. The Labute approximate surface area is 198 Å². The molecule has 0 radical (unpaired) electrons. The molecular formula is C24H33N5O3S. The van der Waals surface area contributed by atoms with E-state index in [4.69, 9.17) is 0 Å². The molecule has 2 N–H and O–H groups in total. The molecule has 2 aliphatic heterocycles. The Morgan fingerprint density at radius 3 is 2.88 bits per heavy atom. The second-order valence-corrected chi connectivity index (χ2v) is 10.0. The van der Waals surface area contributed by atoms with Crippen LogP contribution in [0.25, 0.3) is 6.08 Å². The lowest BCUT2D eigenvalue weighted by Crippen LogP contribution is -2.46. The van der Waals surface area contributed by atoms with Gasteiger partial charge in [0.1, 0.15) is 5.01 Å². The molecule has 2 bridgehead atoms. The molecule has 4 atom stereocenters. The van der Waals surface area contributed by atoms with Crippen molar-refractivity contribution in [3.05, 3.63) is 56.4 Å². The van der Waals surface area contributed by atoms with Crippen molar-refractivity contribution in [2.24, 2.45) is 11.8 Å². The van der Waals surface area contributed by atoms with Crippen molar-refractivity contribution in [2.45, 2.75) is 38.5 Å². The van der Waals surface area contributed by atoms with Crippen LogP contribution in [0.1, 0.15) is 35.7 Å². The van der Waals surface area contributed by atoms with Gasteiger partial charge in [0.25, 0.3) is 5.56 Å². The van der Waals surface area contributed by atoms with E-state index in [1.54, 1.807) is 17.5 Å². The number of thiazole rings is 1. The lowest BCUT2D eigenvalue weighted by atomic mass is 9.86. The lowest BCUT2D eigenvalue weighted by molar-refractivity contribution is -0.127. The van der Waals surface area contributed by atoms with Crippen LogP contribution in [0.5, 0.6) is 0 Å². The van der Waals surface area contributed by atoms with E-state index in [0.29, 0.717) is 25.2 Å². The van der Waals surface area contributed by atoms with Gasteiger partial charge < -0.3 is 19.9 Å².